The van der Waals surface area contributed by atoms with Crippen molar-refractivity contribution in [1.29, 1.82) is 0 Å². The Bertz CT molecular complexity index is 475. The number of carbonyl (C=O) groups excluding carboxylic acids is 1. The predicted molar refractivity (Wildman–Crippen MR) is 77.8 cm³/mol. The first-order valence-corrected chi connectivity index (χ1v) is 6.38. The average Bonchev–Trinajstić information content (AvgIpc) is 2.50. The standard InChI is InChI=1S/C14H20N2O5/c1-16(10-4-6-11(20-2)7-5-10)14(19)15-9-12(21-3)8-13(17)18/h4-7,12H,8-9H2,1-3H3,(H,15,19)(H,17,18). The molecule has 21 heavy (non-hydrogen) atoms. The molecule has 2 N–H and O–H groups in total. The molecule has 0 spiro atoms. The summed E-state index contributed by atoms with van der Waals surface area (Å²) in [6.07, 6.45) is -0.723. The lowest BCUT2D eigenvalue weighted by Gasteiger charge is -2.20. The molecule has 0 aromatic heterocycles. The van der Waals surface area contributed by atoms with Crippen LogP contribution in [0.2, 0.25) is 0 Å². The number of urea groups is 1. The van der Waals surface area contributed by atoms with Crippen LogP contribution in [0.1, 0.15) is 6.42 Å². The van der Waals surface area contributed by atoms with Crippen LogP contribution >= 0.6 is 0 Å². The van der Waals surface area contributed by atoms with E-state index in [4.69, 9.17) is 14.6 Å². The van der Waals surface area contributed by atoms with Gasteiger partial charge in [0.1, 0.15) is 5.75 Å². The number of carboxylic acids is 1. The van der Waals surface area contributed by atoms with Crippen molar-refractivity contribution in [2.24, 2.45) is 0 Å². The number of anilines is 1. The fraction of sp³-hybridized carbons (Fsp3) is 0.429. The number of rotatable bonds is 7. The highest BCUT2D eigenvalue weighted by molar-refractivity contribution is 5.91. The Kier molecular flexibility index (Phi) is 6.48. The molecule has 1 atom stereocenters. The molecular weight excluding hydrogens is 276 g/mol. The highest BCUT2D eigenvalue weighted by atomic mass is 16.5. The number of nitrogens with zero attached hydrogens (tertiary/aromatic N) is 1. The molecule has 1 aromatic carbocycles. The molecule has 1 rings (SSSR count). The highest BCUT2D eigenvalue weighted by Gasteiger charge is 2.16. The number of benzene rings is 1. The number of nitrogens with one attached hydrogen (secondary N) is 1. The molecule has 0 saturated carbocycles. The Labute approximate surface area is 123 Å². The van der Waals surface area contributed by atoms with Gasteiger partial charge in [0, 0.05) is 26.4 Å². The van der Waals surface area contributed by atoms with Crippen molar-refractivity contribution >= 4 is 17.7 Å². The molecule has 7 heteroatoms. The van der Waals surface area contributed by atoms with Gasteiger partial charge >= 0.3 is 12.0 Å². The lowest BCUT2D eigenvalue weighted by molar-refractivity contribution is -0.139. The third kappa shape index (κ3) is 5.31. The predicted octanol–water partition coefficient (Wildman–Crippen LogP) is 1.33. The second kappa shape index (κ2) is 8.11. The monoisotopic (exact) mass is 296 g/mol. The van der Waals surface area contributed by atoms with Crippen molar-refractivity contribution in [2.75, 3.05) is 32.7 Å². The fourth-order valence-electron chi connectivity index (χ4n) is 1.68. The molecule has 0 heterocycles. The van der Waals surface area contributed by atoms with E-state index >= 15 is 0 Å². The molecule has 116 valence electrons. The molecule has 7 nitrogen and oxygen atoms in total. The largest absolute Gasteiger partial charge is 0.497 e. The normalized spacial score (nSPS) is 11.6. The van der Waals surface area contributed by atoms with E-state index in [0.29, 0.717) is 11.4 Å². The van der Waals surface area contributed by atoms with E-state index in [1.54, 1.807) is 38.4 Å². The van der Waals surface area contributed by atoms with Gasteiger partial charge in [-0.25, -0.2) is 4.79 Å². The molecule has 0 bridgehead atoms. The van der Waals surface area contributed by atoms with Gasteiger partial charge in [-0.2, -0.15) is 0 Å². The number of carbonyl (C=O) groups is 2. The fourth-order valence-corrected chi connectivity index (χ4v) is 1.68. The van der Waals surface area contributed by atoms with E-state index in [-0.39, 0.29) is 19.0 Å². The summed E-state index contributed by atoms with van der Waals surface area (Å²) in [5.74, 6) is -0.270. The van der Waals surface area contributed by atoms with E-state index in [1.165, 1.54) is 12.0 Å². The van der Waals surface area contributed by atoms with Gasteiger partial charge < -0.3 is 19.9 Å². The van der Waals surface area contributed by atoms with Crippen LogP contribution in [-0.4, -0.2) is 51.0 Å². The zero-order valence-corrected chi connectivity index (χ0v) is 12.3. The molecule has 2 amide bonds. The number of hydrogen-bond acceptors (Lipinski definition) is 4. The molecule has 1 aromatic rings. The zero-order chi connectivity index (χ0) is 15.8. The first-order valence-electron chi connectivity index (χ1n) is 6.38. The van der Waals surface area contributed by atoms with Crippen molar-refractivity contribution in [1.82, 2.24) is 5.32 Å². The molecule has 0 aliphatic rings. The minimum absolute atomic E-state index is 0.127. The molecule has 0 fully saturated rings. The van der Waals surface area contributed by atoms with Crippen molar-refractivity contribution in [2.45, 2.75) is 12.5 Å². The summed E-state index contributed by atoms with van der Waals surface area (Å²) >= 11 is 0. The second-order valence-electron chi connectivity index (χ2n) is 4.40. The van der Waals surface area contributed by atoms with E-state index in [9.17, 15) is 9.59 Å². The third-order valence-electron chi connectivity index (χ3n) is 2.98. The smallest absolute Gasteiger partial charge is 0.321 e. The summed E-state index contributed by atoms with van der Waals surface area (Å²) in [7, 11) is 4.60. The van der Waals surface area contributed by atoms with Crippen LogP contribution in [0, 0.1) is 0 Å². The summed E-state index contributed by atoms with van der Waals surface area (Å²) in [6.45, 7) is 0.127. The number of carboxylic acid groups (broad SMARTS) is 1. The van der Waals surface area contributed by atoms with Gasteiger partial charge in [-0.05, 0) is 24.3 Å². The van der Waals surface area contributed by atoms with Gasteiger partial charge in [-0.3, -0.25) is 9.69 Å². The van der Waals surface area contributed by atoms with Crippen LogP contribution in [0.25, 0.3) is 0 Å². The quantitative estimate of drug-likeness (QED) is 0.792. The number of aliphatic carboxylic acids is 1. The van der Waals surface area contributed by atoms with Crippen molar-refractivity contribution in [3.05, 3.63) is 24.3 Å². The molecule has 1 unspecified atom stereocenters. The van der Waals surface area contributed by atoms with Gasteiger partial charge in [0.2, 0.25) is 0 Å². The summed E-state index contributed by atoms with van der Waals surface area (Å²) in [4.78, 5) is 24.0. The van der Waals surface area contributed by atoms with Gasteiger partial charge in [0.15, 0.2) is 0 Å². The van der Waals surface area contributed by atoms with Crippen molar-refractivity contribution < 1.29 is 24.2 Å². The van der Waals surface area contributed by atoms with Crippen LogP contribution in [0.15, 0.2) is 24.3 Å². The topological polar surface area (TPSA) is 88.1 Å². The SMILES string of the molecule is COc1ccc(N(C)C(=O)NCC(CC(=O)O)OC)cc1. The van der Waals surface area contributed by atoms with E-state index in [1.807, 2.05) is 0 Å². The molecular formula is C14H20N2O5. The first kappa shape index (κ1) is 16.8. The van der Waals surface area contributed by atoms with Crippen LogP contribution in [0.5, 0.6) is 5.75 Å². The van der Waals surface area contributed by atoms with Gasteiger partial charge in [-0.15, -0.1) is 0 Å². The molecule has 0 saturated heterocycles. The van der Waals surface area contributed by atoms with Crippen molar-refractivity contribution in [3.8, 4) is 5.75 Å². The third-order valence-corrected chi connectivity index (χ3v) is 2.98. The lowest BCUT2D eigenvalue weighted by Crippen LogP contribution is -2.42. The number of ether oxygens (including phenoxy) is 2. The van der Waals surface area contributed by atoms with E-state index in [2.05, 4.69) is 5.32 Å². The molecule has 0 aliphatic heterocycles. The minimum Gasteiger partial charge on any atom is -0.497 e. The van der Waals surface area contributed by atoms with E-state index in [0.717, 1.165) is 0 Å². The number of methoxy groups -OCH3 is 2. The number of hydrogen-bond donors (Lipinski definition) is 2. The Morgan fingerprint density at radius 1 is 1.29 bits per heavy atom. The van der Waals surface area contributed by atoms with Gasteiger partial charge in [-0.1, -0.05) is 0 Å². The summed E-state index contributed by atoms with van der Waals surface area (Å²) in [6, 6.07) is 6.67. The Morgan fingerprint density at radius 2 is 1.90 bits per heavy atom. The maximum atomic E-state index is 12.0. The molecule has 0 radical (unpaired) electrons. The summed E-state index contributed by atoms with van der Waals surface area (Å²) < 4.78 is 10.0. The maximum Gasteiger partial charge on any atom is 0.321 e. The highest BCUT2D eigenvalue weighted by Crippen LogP contribution is 2.18. The Morgan fingerprint density at radius 3 is 2.38 bits per heavy atom. The Hall–Kier alpha value is -2.28. The zero-order valence-electron chi connectivity index (χ0n) is 12.3. The lowest BCUT2D eigenvalue weighted by atomic mass is 10.2. The van der Waals surface area contributed by atoms with Gasteiger partial charge in [0.05, 0.1) is 19.6 Å². The average molecular weight is 296 g/mol. The maximum absolute atomic E-state index is 12.0. The van der Waals surface area contributed by atoms with E-state index < -0.39 is 12.1 Å². The van der Waals surface area contributed by atoms with Crippen LogP contribution < -0.4 is 15.0 Å². The Balaban J connectivity index is 2.55. The first-order chi connectivity index (χ1) is 9.97. The van der Waals surface area contributed by atoms with Gasteiger partial charge in [0.25, 0.3) is 0 Å². The van der Waals surface area contributed by atoms with Crippen LogP contribution in [0.3, 0.4) is 0 Å². The second-order valence-corrected chi connectivity index (χ2v) is 4.40. The number of amides is 2. The van der Waals surface area contributed by atoms with Crippen LogP contribution in [0.4, 0.5) is 10.5 Å². The summed E-state index contributed by atoms with van der Waals surface area (Å²) in [5.41, 5.74) is 0.695. The molecule has 0 aliphatic carbocycles. The summed E-state index contributed by atoms with van der Waals surface area (Å²) in [5, 5.41) is 11.3. The van der Waals surface area contributed by atoms with Crippen molar-refractivity contribution in [3.63, 3.8) is 0 Å². The van der Waals surface area contributed by atoms with Crippen LogP contribution in [-0.2, 0) is 9.53 Å². The minimum atomic E-state index is -0.973.